The molecule has 0 radical (unpaired) electrons. The summed E-state index contributed by atoms with van der Waals surface area (Å²) < 4.78 is 38.8. The average Bonchev–Trinajstić information content (AvgIpc) is 3.32. The number of aromatic nitrogens is 2. The van der Waals surface area contributed by atoms with E-state index in [-0.39, 0.29) is 19.0 Å². The Kier molecular flexibility index (Phi) is 7.94. The van der Waals surface area contributed by atoms with E-state index in [0.29, 0.717) is 24.4 Å². The molecule has 0 fully saturated rings. The lowest BCUT2D eigenvalue weighted by Crippen LogP contribution is -2.21. The Labute approximate surface area is 217 Å². The average molecular weight is 522 g/mol. The second-order valence-corrected chi connectivity index (χ2v) is 11.3. The maximum absolute atomic E-state index is 13.1. The fourth-order valence-corrected chi connectivity index (χ4v) is 5.23. The van der Waals surface area contributed by atoms with Gasteiger partial charge in [0.25, 0.3) is 0 Å². The van der Waals surface area contributed by atoms with Crippen LogP contribution in [-0.2, 0) is 39.1 Å². The van der Waals surface area contributed by atoms with Crippen LogP contribution in [0, 0.1) is 0 Å². The molecular weight excluding hydrogens is 490 g/mol. The molecule has 0 spiro atoms. The van der Waals surface area contributed by atoms with Gasteiger partial charge in [-0.2, -0.15) is 0 Å². The van der Waals surface area contributed by atoms with Crippen molar-refractivity contribution in [3.63, 3.8) is 0 Å². The predicted octanol–water partition coefficient (Wildman–Crippen LogP) is 4.43. The first-order chi connectivity index (χ1) is 17.7. The van der Waals surface area contributed by atoms with Crippen molar-refractivity contribution in [1.82, 2.24) is 8.96 Å². The highest BCUT2D eigenvalue weighted by molar-refractivity contribution is 7.90. The summed E-state index contributed by atoms with van der Waals surface area (Å²) in [7, 11) is -3.59. The Morgan fingerprint density at radius 3 is 2.62 bits per heavy atom. The molecule has 0 aliphatic carbocycles. The molecule has 4 aromatic rings. The van der Waals surface area contributed by atoms with Gasteiger partial charge >= 0.3 is 5.97 Å². The molecule has 9 heteroatoms. The molecule has 0 bridgehead atoms. The molecule has 0 unspecified atom stereocenters. The summed E-state index contributed by atoms with van der Waals surface area (Å²) in [5, 5.41) is 0.204. The summed E-state index contributed by atoms with van der Waals surface area (Å²) in [6, 6.07) is 16.7. The van der Waals surface area contributed by atoms with Gasteiger partial charge in [-0.15, -0.1) is 0 Å². The molecule has 0 atom stereocenters. The maximum atomic E-state index is 13.1. The van der Waals surface area contributed by atoms with Gasteiger partial charge in [-0.3, -0.25) is 9.78 Å². The van der Waals surface area contributed by atoms with Gasteiger partial charge in [0, 0.05) is 29.9 Å². The summed E-state index contributed by atoms with van der Waals surface area (Å²) in [5.41, 5.74) is 10.3. The van der Waals surface area contributed by atoms with Crippen LogP contribution >= 0.6 is 0 Å². The third-order valence-corrected chi connectivity index (χ3v) is 8.10. The van der Waals surface area contributed by atoms with E-state index in [1.807, 2.05) is 48.5 Å². The van der Waals surface area contributed by atoms with Crippen LogP contribution in [0.5, 0.6) is 5.75 Å². The molecule has 2 N–H and O–H groups in total. The number of para-hydroxylation sites is 1. The zero-order valence-electron chi connectivity index (χ0n) is 21.2. The zero-order chi connectivity index (χ0) is 26.6. The van der Waals surface area contributed by atoms with Gasteiger partial charge in [0.15, 0.2) is 0 Å². The molecule has 0 saturated carbocycles. The van der Waals surface area contributed by atoms with Crippen molar-refractivity contribution in [2.45, 2.75) is 45.6 Å². The number of nitrogens with zero attached hydrogens (tertiary/aromatic N) is 2. The molecule has 2 aromatic heterocycles. The summed E-state index contributed by atoms with van der Waals surface area (Å²) >= 11 is 0. The van der Waals surface area contributed by atoms with E-state index >= 15 is 0 Å². The number of carbonyl (C=O) groups is 1. The van der Waals surface area contributed by atoms with E-state index in [0.717, 1.165) is 33.3 Å². The summed E-state index contributed by atoms with van der Waals surface area (Å²) in [5.74, 6) is 0.240. The van der Waals surface area contributed by atoms with Crippen molar-refractivity contribution < 1.29 is 22.7 Å². The van der Waals surface area contributed by atoms with Crippen LogP contribution in [-0.4, -0.2) is 35.2 Å². The van der Waals surface area contributed by atoms with Gasteiger partial charge in [-0.05, 0) is 73.9 Å². The van der Waals surface area contributed by atoms with Gasteiger partial charge in [-0.25, -0.2) is 12.4 Å². The number of hydrogen-bond donors (Lipinski definition) is 1. The third kappa shape index (κ3) is 5.68. The molecule has 0 amide bonds. The third-order valence-electron chi connectivity index (χ3n) is 6.05. The quantitative estimate of drug-likeness (QED) is 0.307. The molecule has 0 saturated heterocycles. The topological polar surface area (TPSA) is 114 Å². The Morgan fingerprint density at radius 1 is 1.11 bits per heavy atom. The number of rotatable bonds is 10. The van der Waals surface area contributed by atoms with Gasteiger partial charge < -0.3 is 15.2 Å². The highest BCUT2D eigenvalue weighted by Crippen LogP contribution is 2.33. The van der Waals surface area contributed by atoms with Gasteiger partial charge in [0.2, 0.25) is 10.0 Å². The minimum absolute atomic E-state index is 0.0999. The van der Waals surface area contributed by atoms with Gasteiger partial charge in [0.05, 0.1) is 29.5 Å². The SMILES string of the molecule is CCOC(=O)Cc1ccccc1OCc1cc(-c2ccnc(CN)c2)c2ccn(S(=O)(=O)C(C)C)c2c1. The van der Waals surface area contributed by atoms with Crippen LogP contribution in [0.4, 0.5) is 0 Å². The number of carbonyl (C=O) groups excluding carboxylic acids is 1. The van der Waals surface area contributed by atoms with Crippen LogP contribution in [0.1, 0.15) is 37.6 Å². The smallest absolute Gasteiger partial charge is 0.310 e. The van der Waals surface area contributed by atoms with Crippen LogP contribution in [0.3, 0.4) is 0 Å². The van der Waals surface area contributed by atoms with Crippen molar-refractivity contribution in [1.29, 1.82) is 0 Å². The maximum Gasteiger partial charge on any atom is 0.310 e. The van der Waals surface area contributed by atoms with Crippen molar-refractivity contribution in [2.75, 3.05) is 6.61 Å². The number of esters is 1. The molecule has 37 heavy (non-hydrogen) atoms. The number of pyridine rings is 1. The van der Waals surface area contributed by atoms with E-state index in [1.54, 1.807) is 39.2 Å². The number of ether oxygens (including phenoxy) is 2. The number of nitrogens with two attached hydrogens (primary N) is 1. The Hall–Kier alpha value is -3.69. The number of fused-ring (bicyclic) bond motifs is 1. The van der Waals surface area contributed by atoms with Gasteiger partial charge in [0.1, 0.15) is 12.4 Å². The highest BCUT2D eigenvalue weighted by Gasteiger charge is 2.22. The van der Waals surface area contributed by atoms with Gasteiger partial charge in [-0.1, -0.05) is 18.2 Å². The molecule has 4 rings (SSSR count). The number of benzene rings is 2. The number of hydrogen-bond acceptors (Lipinski definition) is 7. The minimum Gasteiger partial charge on any atom is -0.489 e. The van der Waals surface area contributed by atoms with Crippen LogP contribution in [0.25, 0.3) is 22.0 Å². The Bertz CT molecular complexity index is 1530. The molecule has 0 aliphatic rings. The standard InChI is InChI=1S/C28H31N3O5S/c1-4-35-28(32)16-22-7-5-6-8-27(22)36-18-20-13-25(21-9-11-30-23(15-21)17-29)24-10-12-31(26(24)14-20)37(33,34)19(2)3/h5-15,19H,4,16-18,29H2,1-3H3. The highest BCUT2D eigenvalue weighted by atomic mass is 32.2. The fraction of sp³-hybridized carbons (Fsp3) is 0.286. The molecular formula is C28H31N3O5S. The first-order valence-electron chi connectivity index (χ1n) is 12.1. The minimum atomic E-state index is -3.59. The van der Waals surface area contributed by atoms with Crippen LogP contribution in [0.2, 0.25) is 0 Å². The van der Waals surface area contributed by atoms with E-state index in [1.165, 1.54) is 3.97 Å². The lowest BCUT2D eigenvalue weighted by Gasteiger charge is -2.15. The monoisotopic (exact) mass is 521 g/mol. The van der Waals surface area contributed by atoms with E-state index in [2.05, 4.69) is 4.98 Å². The Morgan fingerprint density at radius 2 is 1.89 bits per heavy atom. The van der Waals surface area contributed by atoms with Crippen molar-refractivity contribution >= 4 is 26.9 Å². The summed E-state index contributed by atoms with van der Waals surface area (Å²) in [6.45, 7) is 5.86. The second kappa shape index (κ2) is 11.1. The molecule has 2 aromatic carbocycles. The van der Waals surface area contributed by atoms with Crippen molar-refractivity contribution in [3.05, 3.63) is 83.8 Å². The zero-order valence-corrected chi connectivity index (χ0v) is 22.0. The van der Waals surface area contributed by atoms with Crippen LogP contribution in [0.15, 0.2) is 67.0 Å². The largest absolute Gasteiger partial charge is 0.489 e. The fourth-order valence-electron chi connectivity index (χ4n) is 4.12. The van der Waals surface area contributed by atoms with Crippen LogP contribution < -0.4 is 10.5 Å². The van der Waals surface area contributed by atoms with E-state index in [9.17, 15) is 13.2 Å². The molecule has 2 heterocycles. The van der Waals surface area contributed by atoms with E-state index in [4.69, 9.17) is 15.2 Å². The predicted molar refractivity (Wildman–Crippen MR) is 144 cm³/mol. The first kappa shape index (κ1) is 26.4. The summed E-state index contributed by atoms with van der Waals surface area (Å²) in [4.78, 5) is 16.3. The van der Waals surface area contributed by atoms with Crippen molar-refractivity contribution in [3.8, 4) is 16.9 Å². The summed E-state index contributed by atoms with van der Waals surface area (Å²) in [6.07, 6.45) is 3.39. The lowest BCUT2D eigenvalue weighted by atomic mass is 9.99. The van der Waals surface area contributed by atoms with Crippen molar-refractivity contribution in [2.24, 2.45) is 5.73 Å². The lowest BCUT2D eigenvalue weighted by molar-refractivity contribution is -0.142. The first-order valence-corrected chi connectivity index (χ1v) is 13.6. The second-order valence-electron chi connectivity index (χ2n) is 8.90. The van der Waals surface area contributed by atoms with E-state index < -0.39 is 15.3 Å². The Balaban J connectivity index is 1.77. The molecule has 194 valence electrons. The molecule has 8 nitrogen and oxygen atoms in total. The molecule has 0 aliphatic heterocycles. The normalized spacial score (nSPS) is 11.7.